The van der Waals surface area contributed by atoms with E-state index in [1.54, 1.807) is 11.1 Å². The van der Waals surface area contributed by atoms with Crippen LogP contribution in [-0.2, 0) is 0 Å². The minimum Gasteiger partial charge on any atom is -0.338 e. The molecule has 2 heterocycles. The van der Waals surface area contributed by atoms with Gasteiger partial charge in [0.2, 0.25) is 0 Å². The van der Waals surface area contributed by atoms with Gasteiger partial charge in [0.25, 0.3) is 5.91 Å². The maximum absolute atomic E-state index is 14.0. The highest BCUT2D eigenvalue weighted by Gasteiger charge is 2.28. The fraction of sp³-hybridized carbons (Fsp3) is 0.261. The number of amides is 1. The number of nitrogens with zero attached hydrogens (tertiary/aromatic N) is 3. The molecular weight excluding hydrogens is 372 g/mol. The van der Waals surface area contributed by atoms with E-state index in [9.17, 15) is 13.6 Å². The highest BCUT2D eigenvalue weighted by molar-refractivity contribution is 5.94. The van der Waals surface area contributed by atoms with E-state index in [-0.39, 0.29) is 11.5 Å². The van der Waals surface area contributed by atoms with Crippen molar-refractivity contribution in [2.45, 2.75) is 25.7 Å². The molecule has 0 spiro atoms. The minimum atomic E-state index is -0.706. The number of benzene rings is 2. The van der Waals surface area contributed by atoms with Crippen LogP contribution >= 0.6 is 0 Å². The zero-order valence-electron chi connectivity index (χ0n) is 16.1. The van der Waals surface area contributed by atoms with Gasteiger partial charge in [0.05, 0.1) is 5.56 Å². The maximum Gasteiger partial charge on any atom is 0.256 e. The molecule has 0 saturated carbocycles. The summed E-state index contributed by atoms with van der Waals surface area (Å²) in [4.78, 5) is 23.4. The van der Waals surface area contributed by atoms with E-state index >= 15 is 0 Å². The molecule has 3 aromatic rings. The maximum atomic E-state index is 14.0. The van der Waals surface area contributed by atoms with Gasteiger partial charge in [-0.2, -0.15) is 0 Å². The van der Waals surface area contributed by atoms with Crippen molar-refractivity contribution in [3.8, 4) is 11.4 Å². The third kappa shape index (κ3) is 4.16. The van der Waals surface area contributed by atoms with Crippen LogP contribution < -0.4 is 0 Å². The second-order valence-corrected chi connectivity index (χ2v) is 7.39. The molecule has 4 nitrogen and oxygen atoms in total. The number of piperidine rings is 1. The van der Waals surface area contributed by atoms with E-state index in [0.717, 1.165) is 47.9 Å². The molecule has 6 heteroatoms. The van der Waals surface area contributed by atoms with Crippen LogP contribution in [0.1, 0.15) is 40.4 Å². The van der Waals surface area contributed by atoms with Gasteiger partial charge in [-0.15, -0.1) is 0 Å². The Morgan fingerprint density at radius 2 is 1.90 bits per heavy atom. The molecule has 0 N–H and O–H groups in total. The van der Waals surface area contributed by atoms with Crippen molar-refractivity contribution in [2.75, 3.05) is 13.1 Å². The normalized spacial score (nSPS) is 16.7. The SMILES string of the molecule is Cc1ccc(-c2nccc(C3CCCN(C(=O)c4cc(F)ccc4F)C3)n2)cc1. The van der Waals surface area contributed by atoms with Gasteiger partial charge in [-0.25, -0.2) is 18.7 Å². The lowest BCUT2D eigenvalue weighted by Crippen LogP contribution is -2.39. The molecule has 1 unspecified atom stereocenters. The van der Waals surface area contributed by atoms with Gasteiger partial charge in [0.15, 0.2) is 5.82 Å². The topological polar surface area (TPSA) is 46.1 Å². The lowest BCUT2D eigenvalue weighted by atomic mass is 9.94. The first kappa shape index (κ1) is 19.2. The van der Waals surface area contributed by atoms with Crippen LogP contribution in [0, 0.1) is 18.6 Å². The predicted octanol–water partition coefficient (Wildman–Crippen LogP) is 4.75. The van der Waals surface area contributed by atoms with E-state index in [2.05, 4.69) is 4.98 Å². The van der Waals surface area contributed by atoms with Crippen molar-refractivity contribution in [2.24, 2.45) is 0 Å². The molecule has 4 rings (SSSR count). The first-order valence-electron chi connectivity index (χ1n) is 9.65. The van der Waals surface area contributed by atoms with E-state index in [1.165, 1.54) is 0 Å². The number of carbonyl (C=O) groups is 1. The van der Waals surface area contributed by atoms with Gasteiger partial charge in [-0.1, -0.05) is 29.8 Å². The summed E-state index contributed by atoms with van der Waals surface area (Å²) < 4.78 is 27.5. The largest absolute Gasteiger partial charge is 0.338 e. The molecule has 1 fully saturated rings. The standard InChI is InChI=1S/C23H21F2N3O/c1-15-4-6-16(7-5-15)22-26-11-10-21(27-22)17-3-2-12-28(14-17)23(29)19-13-18(24)8-9-20(19)25/h4-11,13,17H,2-3,12,14H2,1H3. The Morgan fingerprint density at radius 1 is 1.10 bits per heavy atom. The van der Waals surface area contributed by atoms with Crippen LogP contribution in [-0.4, -0.2) is 33.9 Å². The summed E-state index contributed by atoms with van der Waals surface area (Å²) in [6.45, 7) is 2.95. The number of carbonyl (C=O) groups excluding carboxylic acids is 1. The van der Waals surface area contributed by atoms with Gasteiger partial charge in [-0.05, 0) is 44.0 Å². The Kier molecular flexibility index (Phi) is 5.34. The molecule has 0 bridgehead atoms. The number of hydrogen-bond donors (Lipinski definition) is 0. The van der Waals surface area contributed by atoms with E-state index < -0.39 is 17.5 Å². The molecule has 1 aromatic heterocycles. The Labute approximate surface area is 168 Å². The second kappa shape index (κ2) is 8.07. The smallest absolute Gasteiger partial charge is 0.256 e. The molecule has 1 amide bonds. The lowest BCUT2D eigenvalue weighted by molar-refractivity contribution is 0.0700. The van der Waals surface area contributed by atoms with Crippen LogP contribution in [0.15, 0.2) is 54.7 Å². The Bertz CT molecular complexity index is 1040. The molecule has 0 radical (unpaired) electrons. The summed E-state index contributed by atoms with van der Waals surface area (Å²) in [6, 6.07) is 12.8. The van der Waals surface area contributed by atoms with Crippen molar-refractivity contribution in [3.63, 3.8) is 0 Å². The van der Waals surface area contributed by atoms with Gasteiger partial charge in [-0.3, -0.25) is 4.79 Å². The van der Waals surface area contributed by atoms with E-state index in [0.29, 0.717) is 18.9 Å². The van der Waals surface area contributed by atoms with E-state index in [4.69, 9.17) is 4.98 Å². The molecule has 29 heavy (non-hydrogen) atoms. The monoisotopic (exact) mass is 393 g/mol. The fourth-order valence-electron chi connectivity index (χ4n) is 3.68. The van der Waals surface area contributed by atoms with Crippen molar-refractivity contribution < 1.29 is 13.6 Å². The van der Waals surface area contributed by atoms with Crippen LogP contribution in [0.5, 0.6) is 0 Å². The Morgan fingerprint density at radius 3 is 2.69 bits per heavy atom. The number of likely N-dealkylation sites (tertiary alicyclic amines) is 1. The number of hydrogen-bond acceptors (Lipinski definition) is 3. The van der Waals surface area contributed by atoms with Crippen LogP contribution in [0.4, 0.5) is 8.78 Å². The molecule has 1 aliphatic rings. The van der Waals surface area contributed by atoms with Crippen LogP contribution in [0.25, 0.3) is 11.4 Å². The molecule has 1 aliphatic heterocycles. The molecule has 2 aromatic carbocycles. The zero-order chi connectivity index (χ0) is 20.4. The number of rotatable bonds is 3. The predicted molar refractivity (Wildman–Crippen MR) is 106 cm³/mol. The average Bonchev–Trinajstić information content (AvgIpc) is 2.75. The molecular formula is C23H21F2N3O. The summed E-state index contributed by atoms with van der Waals surface area (Å²) >= 11 is 0. The summed E-state index contributed by atoms with van der Waals surface area (Å²) in [5, 5.41) is 0. The summed E-state index contributed by atoms with van der Waals surface area (Å²) in [5.74, 6) is -1.15. The second-order valence-electron chi connectivity index (χ2n) is 7.39. The molecule has 1 atom stereocenters. The van der Waals surface area contributed by atoms with Crippen molar-refractivity contribution >= 4 is 5.91 Å². The first-order valence-corrected chi connectivity index (χ1v) is 9.65. The molecule has 148 valence electrons. The van der Waals surface area contributed by atoms with Crippen molar-refractivity contribution in [1.82, 2.24) is 14.9 Å². The van der Waals surface area contributed by atoms with Gasteiger partial charge in [0, 0.05) is 36.5 Å². The molecule has 1 saturated heterocycles. The highest BCUT2D eigenvalue weighted by Crippen LogP contribution is 2.28. The van der Waals surface area contributed by atoms with E-state index in [1.807, 2.05) is 37.3 Å². The molecule has 0 aliphatic carbocycles. The Hall–Kier alpha value is -3.15. The van der Waals surface area contributed by atoms with Gasteiger partial charge < -0.3 is 4.90 Å². The van der Waals surface area contributed by atoms with Gasteiger partial charge in [0.1, 0.15) is 11.6 Å². The number of aryl methyl sites for hydroxylation is 1. The average molecular weight is 393 g/mol. The summed E-state index contributed by atoms with van der Waals surface area (Å²) in [6.07, 6.45) is 3.38. The third-order valence-corrected chi connectivity index (χ3v) is 5.27. The Balaban J connectivity index is 1.55. The van der Waals surface area contributed by atoms with Crippen LogP contribution in [0.2, 0.25) is 0 Å². The number of halogens is 2. The van der Waals surface area contributed by atoms with Crippen molar-refractivity contribution in [1.29, 1.82) is 0 Å². The number of aromatic nitrogens is 2. The highest BCUT2D eigenvalue weighted by atomic mass is 19.1. The quantitative estimate of drug-likeness (QED) is 0.645. The zero-order valence-corrected chi connectivity index (χ0v) is 16.1. The van der Waals surface area contributed by atoms with Crippen molar-refractivity contribution in [3.05, 3.63) is 83.2 Å². The fourth-order valence-corrected chi connectivity index (χ4v) is 3.68. The minimum absolute atomic E-state index is 0.0246. The van der Waals surface area contributed by atoms with Crippen LogP contribution in [0.3, 0.4) is 0 Å². The first-order chi connectivity index (χ1) is 14.0. The summed E-state index contributed by atoms with van der Waals surface area (Å²) in [7, 11) is 0. The van der Waals surface area contributed by atoms with Gasteiger partial charge >= 0.3 is 0 Å². The lowest BCUT2D eigenvalue weighted by Gasteiger charge is -2.32. The summed E-state index contributed by atoms with van der Waals surface area (Å²) in [5.41, 5.74) is 2.72. The third-order valence-electron chi connectivity index (χ3n) is 5.27.